The molecule has 0 saturated carbocycles. The number of hydrogen-bond donors (Lipinski definition) is 0. The van der Waals surface area contributed by atoms with Gasteiger partial charge in [-0.3, -0.25) is 4.98 Å². The second-order valence-electron chi connectivity index (χ2n) is 6.24. The van der Waals surface area contributed by atoms with E-state index < -0.39 is 0 Å². The van der Waals surface area contributed by atoms with Crippen LogP contribution < -0.4 is 4.74 Å². The summed E-state index contributed by atoms with van der Waals surface area (Å²) >= 11 is 0. The Bertz CT molecular complexity index is 754. The average molecular weight is 277 g/mol. The predicted molar refractivity (Wildman–Crippen MR) is 87.0 cm³/mol. The lowest BCUT2D eigenvalue weighted by atomic mass is 9.87. The SMILES string of the molecule is CC(C)(C)c1ccc(Oc2cnc3ccccc3c2)cc1. The Morgan fingerprint density at radius 3 is 2.29 bits per heavy atom. The van der Waals surface area contributed by atoms with E-state index in [2.05, 4.69) is 37.9 Å². The third-order valence-corrected chi connectivity index (χ3v) is 3.52. The Labute approximate surface area is 125 Å². The fraction of sp³-hybridized carbons (Fsp3) is 0.211. The van der Waals surface area contributed by atoms with Crippen molar-refractivity contribution in [2.75, 3.05) is 0 Å². The van der Waals surface area contributed by atoms with Gasteiger partial charge in [0.1, 0.15) is 11.5 Å². The maximum absolute atomic E-state index is 5.89. The van der Waals surface area contributed by atoms with Crippen LogP contribution in [0.4, 0.5) is 0 Å². The Morgan fingerprint density at radius 2 is 1.57 bits per heavy atom. The summed E-state index contributed by atoms with van der Waals surface area (Å²) in [5.41, 5.74) is 2.43. The van der Waals surface area contributed by atoms with Crippen molar-refractivity contribution < 1.29 is 4.74 Å². The van der Waals surface area contributed by atoms with Crippen molar-refractivity contribution in [3.63, 3.8) is 0 Å². The standard InChI is InChI=1S/C19H19NO/c1-19(2,3)15-8-10-16(11-9-15)21-17-12-14-6-4-5-7-18(14)20-13-17/h4-13H,1-3H3. The van der Waals surface area contributed by atoms with Crippen molar-refractivity contribution in [1.82, 2.24) is 4.98 Å². The maximum Gasteiger partial charge on any atom is 0.146 e. The molecule has 0 atom stereocenters. The van der Waals surface area contributed by atoms with Gasteiger partial charge >= 0.3 is 0 Å². The first-order chi connectivity index (χ1) is 10.0. The lowest BCUT2D eigenvalue weighted by molar-refractivity contribution is 0.480. The Balaban J connectivity index is 1.84. The number of nitrogens with zero attached hydrogens (tertiary/aromatic N) is 1. The van der Waals surface area contributed by atoms with Crippen molar-refractivity contribution in [3.05, 3.63) is 66.4 Å². The Morgan fingerprint density at radius 1 is 0.857 bits per heavy atom. The molecular formula is C19H19NO. The largest absolute Gasteiger partial charge is 0.456 e. The number of rotatable bonds is 2. The van der Waals surface area contributed by atoms with Crippen molar-refractivity contribution in [1.29, 1.82) is 0 Å². The number of fused-ring (bicyclic) bond motifs is 1. The molecule has 0 aliphatic heterocycles. The van der Waals surface area contributed by atoms with Gasteiger partial charge in [-0.15, -0.1) is 0 Å². The highest BCUT2D eigenvalue weighted by Gasteiger charge is 2.13. The summed E-state index contributed by atoms with van der Waals surface area (Å²) in [6.45, 7) is 6.61. The highest BCUT2D eigenvalue weighted by molar-refractivity contribution is 5.79. The average Bonchev–Trinajstić information content (AvgIpc) is 2.47. The van der Waals surface area contributed by atoms with E-state index in [1.807, 2.05) is 42.5 Å². The summed E-state index contributed by atoms with van der Waals surface area (Å²) in [4.78, 5) is 4.41. The zero-order valence-electron chi connectivity index (χ0n) is 12.6. The third kappa shape index (κ3) is 3.05. The minimum absolute atomic E-state index is 0.156. The summed E-state index contributed by atoms with van der Waals surface area (Å²) in [7, 11) is 0. The molecule has 3 rings (SSSR count). The van der Waals surface area contributed by atoms with Crippen molar-refractivity contribution >= 4 is 10.9 Å². The van der Waals surface area contributed by atoms with Crippen LogP contribution in [0.5, 0.6) is 11.5 Å². The van der Waals surface area contributed by atoms with Gasteiger partial charge in [0.05, 0.1) is 11.7 Å². The maximum atomic E-state index is 5.89. The second-order valence-corrected chi connectivity index (χ2v) is 6.24. The van der Waals surface area contributed by atoms with Crippen LogP contribution >= 0.6 is 0 Å². The highest BCUT2D eigenvalue weighted by Crippen LogP contribution is 2.27. The zero-order chi connectivity index (χ0) is 14.9. The van der Waals surface area contributed by atoms with Crippen LogP contribution in [0.25, 0.3) is 10.9 Å². The molecule has 0 unspecified atom stereocenters. The van der Waals surface area contributed by atoms with Crippen molar-refractivity contribution in [3.8, 4) is 11.5 Å². The third-order valence-electron chi connectivity index (χ3n) is 3.52. The first-order valence-electron chi connectivity index (χ1n) is 7.15. The van der Waals surface area contributed by atoms with Crippen LogP contribution in [0, 0.1) is 0 Å². The molecule has 0 bridgehead atoms. The van der Waals surface area contributed by atoms with Gasteiger partial charge in [-0.1, -0.05) is 51.1 Å². The normalized spacial score (nSPS) is 11.6. The van der Waals surface area contributed by atoms with Gasteiger partial charge < -0.3 is 4.74 Å². The molecule has 0 aliphatic carbocycles. The van der Waals surface area contributed by atoms with E-state index in [0.29, 0.717) is 0 Å². The molecular weight excluding hydrogens is 258 g/mol. The van der Waals surface area contributed by atoms with Crippen LogP contribution in [-0.2, 0) is 5.41 Å². The number of pyridine rings is 1. The predicted octanol–water partition coefficient (Wildman–Crippen LogP) is 5.32. The molecule has 1 aromatic heterocycles. The molecule has 21 heavy (non-hydrogen) atoms. The molecule has 0 radical (unpaired) electrons. The minimum atomic E-state index is 0.156. The number of benzene rings is 2. The van der Waals surface area contributed by atoms with Gasteiger partial charge in [0, 0.05) is 5.39 Å². The van der Waals surface area contributed by atoms with Crippen LogP contribution in [0.1, 0.15) is 26.3 Å². The van der Waals surface area contributed by atoms with Crippen LogP contribution in [-0.4, -0.2) is 4.98 Å². The first-order valence-corrected chi connectivity index (χ1v) is 7.15. The Kier molecular flexibility index (Phi) is 3.38. The smallest absolute Gasteiger partial charge is 0.146 e. The lowest BCUT2D eigenvalue weighted by Gasteiger charge is -2.19. The second kappa shape index (κ2) is 5.21. The molecule has 1 heterocycles. The number of para-hydroxylation sites is 1. The monoisotopic (exact) mass is 277 g/mol. The van der Waals surface area contributed by atoms with E-state index >= 15 is 0 Å². The fourth-order valence-electron chi connectivity index (χ4n) is 2.27. The topological polar surface area (TPSA) is 22.1 Å². The molecule has 2 nitrogen and oxygen atoms in total. The van der Waals surface area contributed by atoms with E-state index in [9.17, 15) is 0 Å². The van der Waals surface area contributed by atoms with E-state index in [1.165, 1.54) is 5.56 Å². The molecule has 0 N–H and O–H groups in total. The van der Waals surface area contributed by atoms with Gasteiger partial charge in [-0.25, -0.2) is 0 Å². The first kappa shape index (κ1) is 13.6. The lowest BCUT2D eigenvalue weighted by Crippen LogP contribution is -2.10. The van der Waals surface area contributed by atoms with E-state index in [-0.39, 0.29) is 5.41 Å². The summed E-state index contributed by atoms with van der Waals surface area (Å²) in [6.07, 6.45) is 1.76. The highest BCUT2D eigenvalue weighted by atomic mass is 16.5. The van der Waals surface area contributed by atoms with E-state index in [4.69, 9.17) is 4.74 Å². The number of aromatic nitrogens is 1. The van der Waals surface area contributed by atoms with Crippen molar-refractivity contribution in [2.24, 2.45) is 0 Å². The van der Waals surface area contributed by atoms with Crippen LogP contribution in [0.15, 0.2) is 60.8 Å². The van der Waals surface area contributed by atoms with Gasteiger partial charge in [0.25, 0.3) is 0 Å². The van der Waals surface area contributed by atoms with Gasteiger partial charge in [0.2, 0.25) is 0 Å². The molecule has 0 aliphatic rings. The summed E-state index contributed by atoms with van der Waals surface area (Å²) in [6, 6.07) is 18.3. The summed E-state index contributed by atoms with van der Waals surface area (Å²) < 4.78 is 5.89. The van der Waals surface area contributed by atoms with E-state index in [1.54, 1.807) is 6.20 Å². The molecule has 0 amide bonds. The molecule has 0 fully saturated rings. The number of hydrogen-bond acceptors (Lipinski definition) is 2. The van der Waals surface area contributed by atoms with Gasteiger partial charge in [-0.05, 0) is 35.2 Å². The quantitative estimate of drug-likeness (QED) is 0.632. The van der Waals surface area contributed by atoms with Crippen LogP contribution in [0.2, 0.25) is 0 Å². The van der Waals surface area contributed by atoms with Crippen LogP contribution in [0.3, 0.4) is 0 Å². The van der Waals surface area contributed by atoms with E-state index in [0.717, 1.165) is 22.4 Å². The summed E-state index contributed by atoms with van der Waals surface area (Å²) in [5.74, 6) is 1.59. The number of ether oxygens (including phenoxy) is 1. The molecule has 2 heteroatoms. The van der Waals surface area contributed by atoms with Gasteiger partial charge in [-0.2, -0.15) is 0 Å². The fourth-order valence-corrected chi connectivity index (χ4v) is 2.27. The molecule has 3 aromatic rings. The van der Waals surface area contributed by atoms with Crippen molar-refractivity contribution in [2.45, 2.75) is 26.2 Å². The zero-order valence-corrected chi connectivity index (χ0v) is 12.6. The molecule has 106 valence electrons. The molecule has 2 aromatic carbocycles. The van der Waals surface area contributed by atoms with Gasteiger partial charge in [0.15, 0.2) is 0 Å². The summed E-state index contributed by atoms with van der Waals surface area (Å²) in [5, 5.41) is 1.08. The molecule has 0 spiro atoms. The minimum Gasteiger partial charge on any atom is -0.456 e. The molecule has 0 saturated heterocycles. The Hall–Kier alpha value is -2.35.